The summed E-state index contributed by atoms with van der Waals surface area (Å²) in [5.74, 6) is 0.259. The molecule has 2 aliphatic carbocycles. The van der Waals surface area contributed by atoms with E-state index in [0.717, 1.165) is 50.6 Å². The molecule has 4 heteroatoms. The van der Waals surface area contributed by atoms with Crippen LogP contribution in [-0.2, 0) is 23.2 Å². The lowest BCUT2D eigenvalue weighted by Crippen LogP contribution is -2.49. The fourth-order valence-corrected chi connectivity index (χ4v) is 5.92. The van der Waals surface area contributed by atoms with E-state index in [2.05, 4.69) is 78.9 Å². The highest BCUT2D eigenvalue weighted by atomic mass is 35.5. The summed E-state index contributed by atoms with van der Waals surface area (Å²) in [5, 5.41) is 3.86. The molecular formula is C33H39ClN2O. The molecule has 5 rings (SSSR count). The van der Waals surface area contributed by atoms with Gasteiger partial charge in [0.1, 0.15) is 5.54 Å². The quantitative estimate of drug-likeness (QED) is 0.395. The molecule has 1 N–H and O–H groups in total. The van der Waals surface area contributed by atoms with E-state index >= 15 is 0 Å². The van der Waals surface area contributed by atoms with E-state index in [0.29, 0.717) is 11.4 Å². The Kier molecular flexibility index (Phi) is 9.37. The Morgan fingerprint density at radius 2 is 1.46 bits per heavy atom. The lowest BCUT2D eigenvalue weighted by atomic mass is 9.75. The molecule has 1 fully saturated rings. The van der Waals surface area contributed by atoms with Crippen LogP contribution >= 0.6 is 11.6 Å². The Hall–Kier alpha value is -2.72. The smallest absolute Gasteiger partial charge is 0.157 e. The molecule has 0 radical (unpaired) electrons. The van der Waals surface area contributed by atoms with Crippen molar-refractivity contribution >= 4 is 23.0 Å². The highest BCUT2D eigenvalue weighted by molar-refractivity contribution is 6.31. The predicted molar refractivity (Wildman–Crippen MR) is 156 cm³/mol. The number of rotatable bonds is 5. The van der Waals surface area contributed by atoms with E-state index in [4.69, 9.17) is 11.6 Å². The second-order valence-electron chi connectivity index (χ2n) is 10.3. The second kappa shape index (κ2) is 12.7. The second-order valence-corrected chi connectivity index (χ2v) is 10.7. The third-order valence-corrected chi connectivity index (χ3v) is 7.98. The zero-order valence-electron chi connectivity index (χ0n) is 22.4. The number of fused-ring (bicyclic) bond motifs is 2. The maximum absolute atomic E-state index is 12.2. The molecule has 37 heavy (non-hydrogen) atoms. The molecule has 3 aromatic carbocycles. The summed E-state index contributed by atoms with van der Waals surface area (Å²) in [4.78, 5) is 14.4. The van der Waals surface area contributed by atoms with Gasteiger partial charge in [-0.15, -0.1) is 0 Å². The number of Topliss-reactive ketones (excluding diaryl/α,β-unsaturated/α-hetero) is 1. The van der Waals surface area contributed by atoms with Crippen LogP contribution in [0.15, 0.2) is 78.9 Å². The predicted octanol–water partition coefficient (Wildman–Crippen LogP) is 7.07. The highest BCUT2D eigenvalue weighted by Gasteiger charge is 2.41. The monoisotopic (exact) mass is 514 g/mol. The van der Waals surface area contributed by atoms with Gasteiger partial charge in [-0.2, -0.15) is 0 Å². The van der Waals surface area contributed by atoms with Gasteiger partial charge in [0.25, 0.3) is 0 Å². The van der Waals surface area contributed by atoms with Crippen molar-refractivity contribution in [2.24, 2.45) is 0 Å². The minimum Gasteiger partial charge on any atom is -0.309 e. The molecule has 0 saturated heterocycles. The third-order valence-electron chi connectivity index (χ3n) is 7.65. The maximum atomic E-state index is 12.2. The minimum atomic E-state index is -0.559. The van der Waals surface area contributed by atoms with E-state index in [1.54, 1.807) is 0 Å². The summed E-state index contributed by atoms with van der Waals surface area (Å²) < 4.78 is 0. The third kappa shape index (κ3) is 6.23. The fraction of sp³-hybridized carbons (Fsp3) is 0.364. The van der Waals surface area contributed by atoms with Crippen molar-refractivity contribution < 1.29 is 4.79 Å². The Morgan fingerprint density at radius 3 is 2.03 bits per heavy atom. The van der Waals surface area contributed by atoms with Crippen LogP contribution in [0.25, 0.3) is 5.57 Å². The Bertz CT molecular complexity index is 1200. The number of halogens is 1. The number of hydrogen-bond acceptors (Lipinski definition) is 3. The molecule has 0 aromatic heterocycles. The number of ketones is 1. The van der Waals surface area contributed by atoms with E-state index in [1.165, 1.54) is 27.8 Å². The van der Waals surface area contributed by atoms with Crippen molar-refractivity contribution in [3.05, 3.63) is 112 Å². The van der Waals surface area contributed by atoms with Gasteiger partial charge in [-0.05, 0) is 92.7 Å². The van der Waals surface area contributed by atoms with Gasteiger partial charge < -0.3 is 10.2 Å². The zero-order valence-corrected chi connectivity index (χ0v) is 23.2. The molecule has 0 spiro atoms. The number of nitrogens with zero attached hydrogens (tertiary/aromatic N) is 1. The topological polar surface area (TPSA) is 32.3 Å². The van der Waals surface area contributed by atoms with Crippen LogP contribution < -0.4 is 5.32 Å². The lowest BCUT2D eigenvalue weighted by Gasteiger charge is -2.36. The normalized spacial score (nSPS) is 18.8. The summed E-state index contributed by atoms with van der Waals surface area (Å²) in [6, 6.07) is 25.4. The summed E-state index contributed by atoms with van der Waals surface area (Å²) in [5.41, 5.74) is 7.57. The molecule has 3 aromatic rings. The standard InChI is InChI=1S/C20H23N.C13H16ClNO/c1-21(2)15-7-12-20-18-10-5-3-8-16(18)13-14-17-9-4-6-11-19(17)20;1-15-13(9-5-4-8-12(13)16)10-6-2-3-7-11(10)14/h3-6,8-12H,7,13-15H2,1-2H3;2-3,6-7,15H,4-5,8-9H2,1H3. The molecule has 0 amide bonds. The Morgan fingerprint density at radius 1 is 0.865 bits per heavy atom. The van der Waals surface area contributed by atoms with E-state index in [9.17, 15) is 4.79 Å². The average Bonchev–Trinajstić information content (AvgIpc) is 3.07. The van der Waals surface area contributed by atoms with Crippen molar-refractivity contribution in [2.45, 2.75) is 50.5 Å². The molecule has 194 valence electrons. The number of carbonyl (C=O) groups is 1. The van der Waals surface area contributed by atoms with Gasteiger partial charge in [-0.25, -0.2) is 0 Å². The van der Waals surface area contributed by atoms with Crippen LogP contribution in [0, 0.1) is 0 Å². The van der Waals surface area contributed by atoms with Crippen molar-refractivity contribution in [2.75, 3.05) is 27.7 Å². The fourth-order valence-electron chi connectivity index (χ4n) is 5.62. The van der Waals surface area contributed by atoms with E-state index in [-0.39, 0.29) is 5.78 Å². The van der Waals surface area contributed by atoms with Crippen LogP contribution in [-0.4, -0.2) is 38.4 Å². The highest BCUT2D eigenvalue weighted by Crippen LogP contribution is 2.37. The van der Waals surface area contributed by atoms with Gasteiger partial charge >= 0.3 is 0 Å². The van der Waals surface area contributed by atoms with E-state index < -0.39 is 5.54 Å². The number of hydrogen-bond donors (Lipinski definition) is 1. The molecule has 2 aliphatic rings. The molecule has 0 bridgehead atoms. The first-order valence-corrected chi connectivity index (χ1v) is 13.8. The number of carbonyl (C=O) groups excluding carboxylic acids is 1. The first-order chi connectivity index (χ1) is 18.0. The first kappa shape index (κ1) is 27.3. The van der Waals surface area contributed by atoms with Crippen molar-refractivity contribution in [3.8, 4) is 0 Å². The number of benzene rings is 3. The minimum absolute atomic E-state index is 0.259. The molecule has 1 saturated carbocycles. The van der Waals surface area contributed by atoms with Gasteiger partial charge in [0.2, 0.25) is 0 Å². The van der Waals surface area contributed by atoms with Crippen LogP contribution in [0.3, 0.4) is 0 Å². The van der Waals surface area contributed by atoms with Crippen LogP contribution in [0.1, 0.15) is 59.9 Å². The summed E-state index contributed by atoms with van der Waals surface area (Å²) in [7, 11) is 6.10. The van der Waals surface area contributed by atoms with Crippen molar-refractivity contribution in [1.29, 1.82) is 0 Å². The summed E-state index contributed by atoms with van der Waals surface area (Å²) in [6.07, 6.45) is 9.33. The maximum Gasteiger partial charge on any atom is 0.157 e. The Labute approximate surface area is 227 Å². The number of likely N-dealkylation sites (N-methyl/N-ethyl adjacent to an activating group) is 1. The van der Waals surface area contributed by atoms with Gasteiger partial charge in [0.05, 0.1) is 0 Å². The zero-order chi connectivity index (χ0) is 26.3. The number of nitrogens with one attached hydrogen (secondary N) is 1. The Balaban J connectivity index is 0.000000180. The van der Waals surface area contributed by atoms with Gasteiger partial charge in [-0.1, -0.05) is 90.8 Å². The van der Waals surface area contributed by atoms with Gasteiger partial charge in [0.15, 0.2) is 5.78 Å². The van der Waals surface area contributed by atoms with Crippen LogP contribution in [0.5, 0.6) is 0 Å². The summed E-state index contributed by atoms with van der Waals surface area (Å²) >= 11 is 6.20. The molecule has 1 atom stereocenters. The lowest BCUT2D eigenvalue weighted by molar-refractivity contribution is -0.127. The van der Waals surface area contributed by atoms with Crippen LogP contribution in [0.2, 0.25) is 5.02 Å². The van der Waals surface area contributed by atoms with Crippen molar-refractivity contribution in [3.63, 3.8) is 0 Å². The summed E-state index contributed by atoms with van der Waals surface area (Å²) in [6.45, 7) is 1.09. The largest absolute Gasteiger partial charge is 0.309 e. The van der Waals surface area contributed by atoms with Gasteiger partial charge in [0, 0.05) is 18.0 Å². The molecular weight excluding hydrogens is 476 g/mol. The van der Waals surface area contributed by atoms with E-state index in [1.807, 2.05) is 31.3 Å². The van der Waals surface area contributed by atoms with Crippen molar-refractivity contribution in [1.82, 2.24) is 10.2 Å². The average molecular weight is 515 g/mol. The molecule has 1 unspecified atom stereocenters. The molecule has 3 nitrogen and oxygen atoms in total. The molecule has 0 aliphatic heterocycles. The SMILES string of the molecule is CN(C)CCC=C1c2ccccc2CCc2ccccc21.CNC1(c2ccccc2Cl)CCCCC1=O. The molecule has 0 heterocycles. The van der Waals surface area contributed by atoms with Crippen LogP contribution in [0.4, 0.5) is 0 Å². The van der Waals surface area contributed by atoms with Gasteiger partial charge in [-0.3, -0.25) is 4.79 Å². The number of aryl methyl sites for hydroxylation is 2. The first-order valence-electron chi connectivity index (χ1n) is 13.4.